The van der Waals surface area contributed by atoms with E-state index in [1.807, 2.05) is 37.3 Å². The Morgan fingerprint density at radius 2 is 1.67 bits per heavy atom. The Kier molecular flexibility index (Phi) is 6.44. The number of nitrogens with one attached hydrogen (secondary N) is 1. The number of aromatic nitrogens is 2. The van der Waals surface area contributed by atoms with E-state index >= 15 is 0 Å². The molecule has 3 aromatic rings. The van der Waals surface area contributed by atoms with E-state index in [1.165, 1.54) is 4.90 Å². The van der Waals surface area contributed by atoms with E-state index in [0.29, 0.717) is 11.4 Å². The number of carbonyl (C=O) groups is 3. The van der Waals surface area contributed by atoms with E-state index in [-0.39, 0.29) is 31.3 Å². The van der Waals surface area contributed by atoms with Gasteiger partial charge in [0.25, 0.3) is 5.91 Å². The van der Waals surface area contributed by atoms with E-state index in [0.717, 1.165) is 16.7 Å². The summed E-state index contributed by atoms with van der Waals surface area (Å²) in [5.41, 5.74) is 3.13. The third kappa shape index (κ3) is 5.23. The Morgan fingerprint density at radius 3 is 2.27 bits per heavy atom. The quantitative estimate of drug-likeness (QED) is 0.578. The molecule has 1 unspecified atom stereocenters. The number of likely N-dealkylation sites (tertiary alicyclic amines) is 1. The van der Waals surface area contributed by atoms with Crippen LogP contribution in [0.5, 0.6) is 0 Å². The zero-order chi connectivity index (χ0) is 23.4. The molecule has 0 spiro atoms. The molecule has 1 saturated heterocycles. The van der Waals surface area contributed by atoms with Gasteiger partial charge in [-0.2, -0.15) is 0 Å². The molecule has 0 bridgehead atoms. The molecule has 1 aromatic heterocycles. The number of carbonyl (C=O) groups excluding carboxylic acids is 2. The first-order chi connectivity index (χ1) is 15.9. The fraction of sp³-hybridized carbons (Fsp3) is 0.240. The maximum Gasteiger partial charge on any atom is 0.310 e. The molecule has 1 atom stereocenters. The van der Waals surface area contributed by atoms with Crippen LogP contribution in [0.1, 0.15) is 21.5 Å². The van der Waals surface area contributed by atoms with Gasteiger partial charge in [0.1, 0.15) is 6.04 Å². The summed E-state index contributed by atoms with van der Waals surface area (Å²) in [7, 11) is 0. The van der Waals surface area contributed by atoms with Crippen LogP contribution in [0.25, 0.3) is 11.4 Å². The molecule has 1 aliphatic rings. The van der Waals surface area contributed by atoms with Crippen molar-refractivity contribution in [2.75, 3.05) is 13.1 Å². The van der Waals surface area contributed by atoms with Crippen molar-refractivity contribution in [1.82, 2.24) is 20.2 Å². The summed E-state index contributed by atoms with van der Waals surface area (Å²) in [5.74, 6) is -1.51. The molecule has 2 aromatic carbocycles. The fourth-order valence-corrected chi connectivity index (χ4v) is 3.63. The maximum absolute atomic E-state index is 13.1. The van der Waals surface area contributed by atoms with Gasteiger partial charge in [0.15, 0.2) is 5.82 Å². The van der Waals surface area contributed by atoms with Crippen molar-refractivity contribution in [2.24, 2.45) is 5.92 Å². The molecule has 2 N–H and O–H groups in total. The van der Waals surface area contributed by atoms with Crippen LogP contribution >= 0.6 is 0 Å². The lowest BCUT2D eigenvalue weighted by atomic mass is 9.96. The van der Waals surface area contributed by atoms with E-state index in [2.05, 4.69) is 15.3 Å². The van der Waals surface area contributed by atoms with Crippen LogP contribution in [0.2, 0.25) is 0 Å². The third-order valence-corrected chi connectivity index (χ3v) is 5.61. The van der Waals surface area contributed by atoms with Crippen LogP contribution < -0.4 is 5.32 Å². The van der Waals surface area contributed by atoms with Gasteiger partial charge in [-0.1, -0.05) is 42.5 Å². The average Bonchev–Trinajstić information content (AvgIpc) is 2.79. The van der Waals surface area contributed by atoms with E-state index in [4.69, 9.17) is 5.11 Å². The van der Waals surface area contributed by atoms with Gasteiger partial charge in [0.05, 0.1) is 5.92 Å². The number of benzene rings is 2. The summed E-state index contributed by atoms with van der Waals surface area (Å²) < 4.78 is 0. The average molecular weight is 444 g/mol. The van der Waals surface area contributed by atoms with Gasteiger partial charge in [-0.05, 0) is 30.2 Å². The van der Waals surface area contributed by atoms with E-state index in [9.17, 15) is 14.4 Å². The number of nitrogens with zero attached hydrogens (tertiary/aromatic N) is 3. The number of aliphatic carboxylic acids is 1. The molecule has 1 aliphatic heterocycles. The van der Waals surface area contributed by atoms with Gasteiger partial charge in [0.2, 0.25) is 5.91 Å². The summed E-state index contributed by atoms with van der Waals surface area (Å²) in [5, 5.41) is 11.9. The minimum absolute atomic E-state index is 0.148. The van der Waals surface area contributed by atoms with Crippen molar-refractivity contribution in [3.05, 3.63) is 83.7 Å². The second-order valence-electron chi connectivity index (χ2n) is 8.16. The monoisotopic (exact) mass is 444 g/mol. The number of aryl methyl sites for hydroxylation is 1. The van der Waals surface area contributed by atoms with Crippen molar-refractivity contribution in [3.8, 4) is 11.4 Å². The van der Waals surface area contributed by atoms with Crippen molar-refractivity contribution >= 4 is 17.8 Å². The Bertz CT molecular complexity index is 1140. The number of rotatable bonds is 7. The molecule has 0 aliphatic carbocycles. The number of hydrogen-bond donors (Lipinski definition) is 2. The van der Waals surface area contributed by atoms with Crippen LogP contribution in [0.15, 0.2) is 67.0 Å². The van der Waals surface area contributed by atoms with Crippen molar-refractivity contribution in [2.45, 2.75) is 19.4 Å². The Labute approximate surface area is 191 Å². The molecule has 2 amide bonds. The molecular formula is C25H24N4O4. The minimum atomic E-state index is -0.919. The molecule has 2 heterocycles. The Hall–Kier alpha value is -4.07. The highest BCUT2D eigenvalue weighted by Crippen LogP contribution is 2.20. The van der Waals surface area contributed by atoms with Gasteiger partial charge in [-0.3, -0.25) is 14.4 Å². The lowest BCUT2D eigenvalue weighted by Crippen LogP contribution is -2.59. The zero-order valence-corrected chi connectivity index (χ0v) is 18.1. The molecule has 8 nitrogen and oxygen atoms in total. The van der Waals surface area contributed by atoms with Crippen LogP contribution in [-0.2, 0) is 16.0 Å². The van der Waals surface area contributed by atoms with Gasteiger partial charge < -0.3 is 15.3 Å². The topological polar surface area (TPSA) is 112 Å². The van der Waals surface area contributed by atoms with Crippen LogP contribution in [-0.4, -0.2) is 56.9 Å². The first kappa shape index (κ1) is 22.1. The molecule has 33 heavy (non-hydrogen) atoms. The molecule has 4 rings (SSSR count). The van der Waals surface area contributed by atoms with E-state index in [1.54, 1.807) is 36.7 Å². The zero-order valence-electron chi connectivity index (χ0n) is 18.1. The first-order valence-corrected chi connectivity index (χ1v) is 10.7. The fourth-order valence-electron chi connectivity index (χ4n) is 3.63. The highest BCUT2D eigenvalue weighted by molar-refractivity contribution is 5.98. The predicted octanol–water partition coefficient (Wildman–Crippen LogP) is 2.34. The third-order valence-electron chi connectivity index (χ3n) is 5.61. The minimum Gasteiger partial charge on any atom is -0.481 e. The van der Waals surface area contributed by atoms with Crippen LogP contribution in [0, 0.1) is 12.8 Å². The van der Waals surface area contributed by atoms with Crippen LogP contribution in [0.4, 0.5) is 0 Å². The lowest BCUT2D eigenvalue weighted by molar-refractivity contribution is -0.153. The second-order valence-corrected chi connectivity index (χ2v) is 8.16. The standard InChI is InChI=1S/C25H24N4O4/c1-16-12-26-22(27-13-16)18-9-7-17(8-10-18)11-21(24(31)29-14-20(15-29)25(32)33)28-23(30)19-5-3-2-4-6-19/h2-10,12-13,20-21H,11,14-15H2,1H3,(H,28,30)(H,32,33). The smallest absolute Gasteiger partial charge is 0.310 e. The van der Waals surface area contributed by atoms with E-state index < -0.39 is 17.9 Å². The summed E-state index contributed by atoms with van der Waals surface area (Å²) in [4.78, 5) is 47.1. The number of amides is 2. The number of carboxylic acid groups (broad SMARTS) is 1. The van der Waals surface area contributed by atoms with Gasteiger partial charge in [-0.25, -0.2) is 9.97 Å². The SMILES string of the molecule is Cc1cnc(-c2ccc(CC(NC(=O)c3ccccc3)C(=O)N3CC(C(=O)O)C3)cc2)nc1. The number of carboxylic acids is 1. The summed E-state index contributed by atoms with van der Waals surface area (Å²) in [6, 6.07) is 15.4. The Balaban J connectivity index is 1.50. The summed E-state index contributed by atoms with van der Waals surface area (Å²) >= 11 is 0. The molecule has 0 saturated carbocycles. The molecule has 0 radical (unpaired) electrons. The predicted molar refractivity (Wildman–Crippen MR) is 121 cm³/mol. The van der Waals surface area contributed by atoms with Crippen molar-refractivity contribution < 1.29 is 19.5 Å². The van der Waals surface area contributed by atoms with Crippen molar-refractivity contribution in [1.29, 1.82) is 0 Å². The normalized spacial score (nSPS) is 14.3. The summed E-state index contributed by atoms with van der Waals surface area (Å²) in [6.45, 7) is 2.22. The maximum atomic E-state index is 13.1. The van der Waals surface area contributed by atoms with Gasteiger partial charge >= 0.3 is 5.97 Å². The molecule has 1 fully saturated rings. The first-order valence-electron chi connectivity index (χ1n) is 10.7. The highest BCUT2D eigenvalue weighted by Gasteiger charge is 2.38. The molecule has 8 heteroatoms. The Morgan fingerprint density at radius 1 is 1.03 bits per heavy atom. The van der Waals surface area contributed by atoms with Crippen molar-refractivity contribution in [3.63, 3.8) is 0 Å². The van der Waals surface area contributed by atoms with Gasteiger partial charge in [0, 0.05) is 43.0 Å². The second kappa shape index (κ2) is 9.60. The molecule has 168 valence electrons. The highest BCUT2D eigenvalue weighted by atomic mass is 16.4. The lowest BCUT2D eigenvalue weighted by Gasteiger charge is -2.39. The largest absolute Gasteiger partial charge is 0.481 e. The van der Waals surface area contributed by atoms with Crippen LogP contribution in [0.3, 0.4) is 0 Å². The number of hydrogen-bond acceptors (Lipinski definition) is 5. The molecular weight excluding hydrogens is 420 g/mol. The van der Waals surface area contributed by atoms with Gasteiger partial charge in [-0.15, -0.1) is 0 Å². The summed E-state index contributed by atoms with van der Waals surface area (Å²) in [6.07, 6.45) is 3.78.